The van der Waals surface area contributed by atoms with E-state index in [1.54, 1.807) is 59.1 Å². The largest absolute Gasteiger partial charge is 0.458 e. The van der Waals surface area contributed by atoms with Gasteiger partial charge < -0.3 is 19.7 Å². The van der Waals surface area contributed by atoms with E-state index >= 15 is 0 Å². The van der Waals surface area contributed by atoms with E-state index in [9.17, 15) is 27.2 Å². The van der Waals surface area contributed by atoms with E-state index in [-0.39, 0.29) is 24.3 Å². The average molecular weight is 564 g/mol. The first-order valence-electron chi connectivity index (χ1n) is 12.5. The summed E-state index contributed by atoms with van der Waals surface area (Å²) in [4.78, 5) is 39.2. The molecule has 12 heteroatoms. The number of hydrogen-bond donors (Lipinski definition) is 1. The molecule has 0 bridgehead atoms. The number of hydrogen-bond acceptors (Lipinski definition) is 7. The Bertz CT molecular complexity index is 1310. The van der Waals surface area contributed by atoms with Crippen molar-refractivity contribution in [1.82, 2.24) is 14.5 Å². The molecule has 10 nitrogen and oxygen atoms in total. The standard InChI is InChI=1S/C27H34FN3O7S/c1-27(2,3)38-25(33)22(16-18-11-13-20(14-12-18)37-26(34)30(4)5)29-24(32)23-10-7-15-31(23)39(35,36)21-9-6-8-19(28)17-21/h6,8-9,11-14,17,22-23H,7,10,15-16H2,1-5H3,(H,29,32)/t22-,23-/m0/s1. The lowest BCUT2D eigenvalue weighted by atomic mass is 10.0. The van der Waals surface area contributed by atoms with Crippen molar-refractivity contribution in [1.29, 1.82) is 0 Å². The van der Waals surface area contributed by atoms with Crippen LogP contribution in [0.4, 0.5) is 9.18 Å². The van der Waals surface area contributed by atoms with Gasteiger partial charge in [0.2, 0.25) is 15.9 Å². The Balaban J connectivity index is 1.80. The smallest absolute Gasteiger partial charge is 0.414 e. The molecule has 0 radical (unpaired) electrons. The van der Waals surface area contributed by atoms with Gasteiger partial charge >= 0.3 is 12.1 Å². The van der Waals surface area contributed by atoms with Crippen LogP contribution in [-0.2, 0) is 30.8 Å². The van der Waals surface area contributed by atoms with Crippen LogP contribution in [0.2, 0.25) is 0 Å². The molecule has 0 saturated carbocycles. The fraction of sp³-hybridized carbons (Fsp3) is 0.444. The number of carbonyl (C=O) groups is 3. The highest BCUT2D eigenvalue weighted by Crippen LogP contribution is 2.27. The minimum atomic E-state index is -4.15. The molecule has 2 atom stereocenters. The summed E-state index contributed by atoms with van der Waals surface area (Å²) in [5, 5.41) is 2.67. The second kappa shape index (κ2) is 12.1. The Morgan fingerprint density at radius 1 is 1.13 bits per heavy atom. The van der Waals surface area contributed by atoms with E-state index in [1.165, 1.54) is 17.0 Å². The Labute approximate surface area is 228 Å². The number of benzene rings is 2. The van der Waals surface area contributed by atoms with Crippen LogP contribution in [0.1, 0.15) is 39.2 Å². The zero-order valence-electron chi connectivity index (χ0n) is 22.6. The monoisotopic (exact) mass is 563 g/mol. The molecular formula is C27H34FN3O7S. The second-order valence-corrected chi connectivity index (χ2v) is 12.3. The van der Waals surface area contributed by atoms with Gasteiger partial charge in [0.25, 0.3) is 0 Å². The molecule has 212 valence electrons. The van der Waals surface area contributed by atoms with Crippen molar-refractivity contribution in [3.63, 3.8) is 0 Å². The summed E-state index contributed by atoms with van der Waals surface area (Å²) in [6.45, 7) is 5.17. The SMILES string of the molecule is CN(C)C(=O)Oc1ccc(C[C@H](NC(=O)[C@@H]2CCCN2S(=O)(=O)c2cccc(F)c2)C(=O)OC(C)(C)C)cc1. The third-order valence-corrected chi connectivity index (χ3v) is 7.75. The minimum absolute atomic E-state index is 0.0475. The van der Waals surface area contributed by atoms with Gasteiger partial charge in [-0.1, -0.05) is 18.2 Å². The van der Waals surface area contributed by atoms with Gasteiger partial charge in [-0.15, -0.1) is 0 Å². The summed E-state index contributed by atoms with van der Waals surface area (Å²) in [6, 6.07) is 8.85. The van der Waals surface area contributed by atoms with Crippen LogP contribution in [-0.4, -0.2) is 73.9 Å². The highest BCUT2D eigenvalue weighted by molar-refractivity contribution is 7.89. The van der Waals surface area contributed by atoms with Crippen molar-refractivity contribution in [2.75, 3.05) is 20.6 Å². The van der Waals surface area contributed by atoms with Gasteiger partial charge in [0, 0.05) is 27.1 Å². The van der Waals surface area contributed by atoms with Gasteiger partial charge in [-0.05, 0) is 69.5 Å². The average Bonchev–Trinajstić information content (AvgIpc) is 3.35. The zero-order valence-corrected chi connectivity index (χ0v) is 23.5. The molecule has 2 aromatic rings. The number of halogens is 1. The number of nitrogens with one attached hydrogen (secondary N) is 1. The number of rotatable bonds is 8. The molecule has 39 heavy (non-hydrogen) atoms. The number of sulfonamides is 1. The van der Waals surface area contributed by atoms with Crippen molar-refractivity contribution in [2.45, 2.75) is 62.6 Å². The van der Waals surface area contributed by atoms with Gasteiger partial charge in [-0.25, -0.2) is 22.4 Å². The van der Waals surface area contributed by atoms with E-state index < -0.39 is 51.5 Å². The van der Waals surface area contributed by atoms with Crippen LogP contribution >= 0.6 is 0 Å². The van der Waals surface area contributed by atoms with Crippen molar-refractivity contribution in [2.24, 2.45) is 0 Å². The Morgan fingerprint density at radius 2 is 1.79 bits per heavy atom. The first kappa shape index (κ1) is 30.0. The van der Waals surface area contributed by atoms with E-state index in [0.29, 0.717) is 17.7 Å². The molecule has 0 unspecified atom stereocenters. The Hall–Kier alpha value is -3.51. The van der Waals surface area contributed by atoms with Gasteiger partial charge in [-0.2, -0.15) is 4.31 Å². The second-order valence-electron chi connectivity index (χ2n) is 10.4. The third kappa shape index (κ3) is 7.99. The molecular weight excluding hydrogens is 529 g/mol. The van der Waals surface area contributed by atoms with E-state index in [2.05, 4.69) is 5.32 Å². The van der Waals surface area contributed by atoms with E-state index in [0.717, 1.165) is 16.4 Å². The molecule has 3 rings (SSSR count). The predicted molar refractivity (Wildman–Crippen MR) is 141 cm³/mol. The molecule has 1 aliphatic rings. The molecule has 1 aliphatic heterocycles. The molecule has 0 aliphatic carbocycles. The van der Waals surface area contributed by atoms with Crippen LogP contribution in [0.3, 0.4) is 0 Å². The number of nitrogens with zero attached hydrogens (tertiary/aromatic N) is 2. The summed E-state index contributed by atoms with van der Waals surface area (Å²) in [7, 11) is -1.04. The lowest BCUT2D eigenvalue weighted by Gasteiger charge is -2.28. The number of carbonyl (C=O) groups excluding carboxylic acids is 3. The van der Waals surface area contributed by atoms with Crippen LogP contribution in [0.5, 0.6) is 5.75 Å². The molecule has 1 fully saturated rings. The number of amides is 2. The van der Waals surface area contributed by atoms with Crippen molar-refractivity contribution < 1.29 is 36.7 Å². The first-order chi connectivity index (χ1) is 18.2. The predicted octanol–water partition coefficient (Wildman–Crippen LogP) is 3.11. The minimum Gasteiger partial charge on any atom is -0.458 e. The van der Waals surface area contributed by atoms with Gasteiger partial charge in [-0.3, -0.25) is 4.79 Å². The lowest BCUT2D eigenvalue weighted by molar-refractivity contribution is -0.158. The molecule has 0 aromatic heterocycles. The number of ether oxygens (including phenoxy) is 2. The van der Waals surface area contributed by atoms with Gasteiger partial charge in [0.15, 0.2) is 0 Å². The van der Waals surface area contributed by atoms with Crippen LogP contribution in [0.15, 0.2) is 53.4 Å². The number of esters is 1. The summed E-state index contributed by atoms with van der Waals surface area (Å²) >= 11 is 0. The first-order valence-corrected chi connectivity index (χ1v) is 13.9. The maximum atomic E-state index is 13.7. The summed E-state index contributed by atoms with van der Waals surface area (Å²) in [6.07, 6.45) is 0.173. The topological polar surface area (TPSA) is 122 Å². The normalized spacial score (nSPS) is 16.8. The molecule has 1 heterocycles. The van der Waals surface area contributed by atoms with Crippen molar-refractivity contribution in [3.8, 4) is 5.75 Å². The lowest BCUT2D eigenvalue weighted by Crippen LogP contribution is -2.52. The van der Waals surface area contributed by atoms with Crippen LogP contribution in [0, 0.1) is 5.82 Å². The maximum Gasteiger partial charge on any atom is 0.414 e. The summed E-state index contributed by atoms with van der Waals surface area (Å²) in [5.41, 5.74) is -0.184. The molecule has 1 N–H and O–H groups in total. The van der Waals surface area contributed by atoms with E-state index in [1.807, 2.05) is 0 Å². The summed E-state index contributed by atoms with van der Waals surface area (Å²) in [5.74, 6) is -1.74. The highest BCUT2D eigenvalue weighted by atomic mass is 32.2. The molecule has 2 amide bonds. The Kier molecular flexibility index (Phi) is 9.34. The van der Waals surface area contributed by atoms with Crippen molar-refractivity contribution >= 4 is 28.0 Å². The van der Waals surface area contributed by atoms with Gasteiger partial charge in [0.05, 0.1) is 4.90 Å². The maximum absolute atomic E-state index is 13.7. The van der Waals surface area contributed by atoms with E-state index in [4.69, 9.17) is 9.47 Å². The third-order valence-electron chi connectivity index (χ3n) is 5.85. The fourth-order valence-corrected chi connectivity index (χ4v) is 5.70. The Morgan fingerprint density at radius 3 is 2.38 bits per heavy atom. The van der Waals surface area contributed by atoms with Crippen LogP contribution < -0.4 is 10.1 Å². The quantitative estimate of drug-likeness (QED) is 0.490. The fourth-order valence-electron chi connectivity index (χ4n) is 4.01. The molecule has 2 aromatic carbocycles. The zero-order chi connectivity index (χ0) is 29.0. The molecule has 1 saturated heterocycles. The van der Waals surface area contributed by atoms with Crippen molar-refractivity contribution in [3.05, 3.63) is 59.9 Å². The molecule has 0 spiro atoms. The highest BCUT2D eigenvalue weighted by Gasteiger charge is 2.41. The van der Waals surface area contributed by atoms with Crippen LogP contribution in [0.25, 0.3) is 0 Å². The van der Waals surface area contributed by atoms with Gasteiger partial charge in [0.1, 0.15) is 29.3 Å². The summed E-state index contributed by atoms with van der Waals surface area (Å²) < 4.78 is 51.9.